The van der Waals surface area contributed by atoms with Crippen LogP contribution in [0.1, 0.15) is 130 Å². The second-order valence-corrected chi connectivity index (χ2v) is 18.6. The number of ether oxygens (including phenoxy) is 2. The fourth-order valence-electron chi connectivity index (χ4n) is 13.7. The van der Waals surface area contributed by atoms with Crippen molar-refractivity contribution in [2.24, 2.45) is 52.3 Å². The third-order valence-electron chi connectivity index (χ3n) is 16.3. The molecule has 0 bridgehead atoms. The Morgan fingerprint density at radius 3 is 2.32 bits per heavy atom. The van der Waals surface area contributed by atoms with Gasteiger partial charge in [0.15, 0.2) is 5.79 Å². The molecule has 4 aliphatic carbocycles. The summed E-state index contributed by atoms with van der Waals surface area (Å²) in [5.74, 6) is 4.45. The van der Waals surface area contributed by atoms with Crippen LogP contribution in [-0.4, -0.2) is 78.4 Å². The molecule has 1 N–H and O–H groups in total. The smallest absolute Gasteiger partial charge is 0.232 e. The number of rotatable bonds is 4. The van der Waals surface area contributed by atoms with Crippen molar-refractivity contribution in [1.82, 2.24) is 15.1 Å². The number of fused-ring (bicyclic) bond motifs is 7. The monoisotopic (exact) mass is 651 g/mol. The molecule has 264 valence electrons. The van der Waals surface area contributed by atoms with Crippen molar-refractivity contribution in [3.8, 4) is 0 Å². The van der Waals surface area contributed by atoms with Gasteiger partial charge in [-0.25, -0.2) is 0 Å². The zero-order valence-corrected chi connectivity index (χ0v) is 30.2. The van der Waals surface area contributed by atoms with Crippen LogP contribution in [0.25, 0.3) is 0 Å². The largest absolute Gasteiger partial charge is 0.353 e. The fourth-order valence-corrected chi connectivity index (χ4v) is 13.7. The Labute approximate surface area is 285 Å². The highest BCUT2D eigenvalue weighted by atomic mass is 16.7. The highest BCUT2D eigenvalue weighted by molar-refractivity contribution is 5.97. The molecule has 4 aliphatic heterocycles. The summed E-state index contributed by atoms with van der Waals surface area (Å²) in [6, 6.07) is 0.841. The van der Waals surface area contributed by atoms with E-state index in [0.29, 0.717) is 46.6 Å². The Hall–Kier alpha value is -1.18. The molecule has 0 aromatic heterocycles. The maximum Gasteiger partial charge on any atom is 0.232 e. The highest BCUT2D eigenvalue weighted by Crippen LogP contribution is 2.71. The van der Waals surface area contributed by atoms with Gasteiger partial charge in [0.05, 0.1) is 12.7 Å². The molecule has 2 amide bonds. The maximum absolute atomic E-state index is 13.2. The third kappa shape index (κ3) is 5.63. The maximum atomic E-state index is 13.2. The van der Waals surface area contributed by atoms with Crippen molar-refractivity contribution in [3.63, 3.8) is 0 Å². The number of hydrogen-bond donors (Lipinski definition) is 1. The van der Waals surface area contributed by atoms with Crippen LogP contribution in [0.5, 0.6) is 0 Å². The number of carbonyl (C=O) groups is 2. The van der Waals surface area contributed by atoms with Crippen molar-refractivity contribution < 1.29 is 19.1 Å². The molecular formula is C40H65N3O4. The molecule has 2 unspecified atom stereocenters. The van der Waals surface area contributed by atoms with Gasteiger partial charge < -0.3 is 24.6 Å². The Balaban J connectivity index is 0.841. The van der Waals surface area contributed by atoms with Gasteiger partial charge in [0.1, 0.15) is 6.42 Å². The van der Waals surface area contributed by atoms with Crippen molar-refractivity contribution in [2.45, 2.75) is 154 Å². The Bertz CT molecular complexity index is 1170. The van der Waals surface area contributed by atoms with Crippen LogP contribution in [0, 0.1) is 52.3 Å². The molecular weight excluding hydrogens is 586 g/mol. The van der Waals surface area contributed by atoms with E-state index in [1.54, 1.807) is 0 Å². The van der Waals surface area contributed by atoms with E-state index in [1.165, 1.54) is 77.3 Å². The molecule has 4 saturated carbocycles. The Kier molecular flexibility index (Phi) is 8.81. The van der Waals surface area contributed by atoms with Crippen LogP contribution in [0.3, 0.4) is 0 Å². The van der Waals surface area contributed by atoms with E-state index in [9.17, 15) is 9.59 Å². The first kappa shape index (κ1) is 33.0. The third-order valence-corrected chi connectivity index (χ3v) is 16.3. The number of likely N-dealkylation sites (tertiary alicyclic amines) is 2. The lowest BCUT2D eigenvalue weighted by molar-refractivity contribution is -0.273. The summed E-state index contributed by atoms with van der Waals surface area (Å²) in [4.78, 5) is 30.9. The molecule has 0 aromatic rings. The normalized spacial score (nSPS) is 48.8. The van der Waals surface area contributed by atoms with Gasteiger partial charge in [-0.2, -0.15) is 0 Å². The zero-order chi connectivity index (χ0) is 32.6. The van der Waals surface area contributed by atoms with Gasteiger partial charge in [-0.1, -0.05) is 34.1 Å². The second-order valence-electron chi connectivity index (χ2n) is 18.6. The topological polar surface area (TPSA) is 71.1 Å². The Morgan fingerprint density at radius 2 is 1.57 bits per heavy atom. The van der Waals surface area contributed by atoms with Gasteiger partial charge in [0, 0.05) is 37.5 Å². The van der Waals surface area contributed by atoms with Gasteiger partial charge in [0.2, 0.25) is 11.8 Å². The van der Waals surface area contributed by atoms with Crippen LogP contribution in [0.2, 0.25) is 0 Å². The molecule has 8 aliphatic rings. The SMILES string of the molecule is C[C@H]1CC[C@@]2(OC1)O[C@H]1C[C@H]3[C@@H]4CC[C@@H]5CC(NC(=O)CC(=O)N6CCC(N7CCCCC7)CC6)CC[C@]5(C)C4CC[C@]3(C)[C@H]1[C@@H]2C. The minimum absolute atomic E-state index is 0.0198. The summed E-state index contributed by atoms with van der Waals surface area (Å²) in [5, 5.41) is 3.35. The van der Waals surface area contributed by atoms with E-state index in [2.05, 4.69) is 37.9 Å². The van der Waals surface area contributed by atoms with Crippen LogP contribution in [-0.2, 0) is 19.1 Å². The lowest BCUT2D eigenvalue weighted by Gasteiger charge is -2.61. The number of piperidine rings is 2. The van der Waals surface area contributed by atoms with Crippen molar-refractivity contribution in [2.75, 3.05) is 32.8 Å². The van der Waals surface area contributed by atoms with E-state index in [0.717, 1.165) is 69.6 Å². The molecule has 4 saturated heterocycles. The molecule has 8 rings (SSSR count). The summed E-state index contributed by atoms with van der Waals surface area (Å²) < 4.78 is 13.5. The van der Waals surface area contributed by atoms with E-state index in [-0.39, 0.29) is 30.1 Å². The van der Waals surface area contributed by atoms with Gasteiger partial charge in [0.25, 0.3) is 0 Å². The molecule has 47 heavy (non-hydrogen) atoms. The molecule has 12 atom stereocenters. The van der Waals surface area contributed by atoms with Gasteiger partial charge in [-0.15, -0.1) is 0 Å². The van der Waals surface area contributed by atoms with Crippen LogP contribution in [0.15, 0.2) is 0 Å². The lowest BCUT2D eigenvalue weighted by atomic mass is 9.44. The first-order valence-electron chi connectivity index (χ1n) is 20.2. The van der Waals surface area contributed by atoms with E-state index in [1.807, 2.05) is 4.90 Å². The first-order chi connectivity index (χ1) is 22.6. The second kappa shape index (κ2) is 12.5. The van der Waals surface area contributed by atoms with Gasteiger partial charge in [-0.05, 0) is 143 Å². The number of carbonyl (C=O) groups excluding carboxylic acids is 2. The quantitative estimate of drug-likeness (QED) is 0.339. The lowest BCUT2D eigenvalue weighted by Crippen LogP contribution is -2.56. The average Bonchev–Trinajstić information content (AvgIpc) is 3.52. The standard InChI is InChI=1S/C40H65N3O4/c1-26-10-17-40(46-25-26)27(2)37-34(47-40)23-33-31-9-8-28-22-29(11-15-38(28,3)32(31)12-16-39(33,37)4)41-35(44)24-36(45)43-20-13-30(14-21-43)42-18-6-5-7-19-42/h26-34,37H,5-25H2,1-4H3,(H,41,44)/t26-,27-,28+,29?,31+,32?,33-,34-,37-,38-,39-,40+/m0/s1. The molecule has 4 heterocycles. The number of hydrogen-bond acceptors (Lipinski definition) is 5. The fraction of sp³-hybridized carbons (Fsp3) is 0.950. The summed E-state index contributed by atoms with van der Waals surface area (Å²) in [7, 11) is 0. The predicted molar refractivity (Wildman–Crippen MR) is 183 cm³/mol. The van der Waals surface area contributed by atoms with Crippen molar-refractivity contribution in [3.05, 3.63) is 0 Å². The minimum Gasteiger partial charge on any atom is -0.353 e. The first-order valence-corrected chi connectivity index (χ1v) is 20.2. The van der Waals surface area contributed by atoms with E-state index in [4.69, 9.17) is 9.47 Å². The molecule has 0 aromatic carbocycles. The van der Waals surface area contributed by atoms with Crippen molar-refractivity contribution >= 4 is 11.8 Å². The average molecular weight is 652 g/mol. The minimum atomic E-state index is -0.326. The molecule has 7 nitrogen and oxygen atoms in total. The summed E-state index contributed by atoms with van der Waals surface area (Å²) in [6.07, 6.45) is 18.7. The van der Waals surface area contributed by atoms with Crippen LogP contribution < -0.4 is 5.32 Å². The number of nitrogens with zero attached hydrogens (tertiary/aromatic N) is 2. The van der Waals surface area contributed by atoms with Crippen molar-refractivity contribution in [1.29, 1.82) is 0 Å². The zero-order valence-electron chi connectivity index (χ0n) is 30.2. The van der Waals surface area contributed by atoms with E-state index >= 15 is 0 Å². The molecule has 7 heteroatoms. The summed E-state index contributed by atoms with van der Waals surface area (Å²) in [6.45, 7) is 14.9. The van der Waals surface area contributed by atoms with Crippen LogP contribution >= 0.6 is 0 Å². The molecule has 1 spiro atoms. The predicted octanol–water partition coefficient (Wildman–Crippen LogP) is 6.78. The Morgan fingerprint density at radius 1 is 0.809 bits per heavy atom. The molecule has 0 radical (unpaired) electrons. The van der Waals surface area contributed by atoms with E-state index < -0.39 is 0 Å². The van der Waals surface area contributed by atoms with Gasteiger partial charge >= 0.3 is 0 Å². The highest BCUT2D eigenvalue weighted by Gasteiger charge is 2.69. The molecule has 8 fully saturated rings. The number of nitrogens with one attached hydrogen (secondary N) is 1. The number of amides is 2. The van der Waals surface area contributed by atoms with Crippen LogP contribution in [0.4, 0.5) is 0 Å². The summed E-state index contributed by atoms with van der Waals surface area (Å²) >= 11 is 0. The summed E-state index contributed by atoms with van der Waals surface area (Å²) in [5.41, 5.74) is 0.735. The van der Waals surface area contributed by atoms with Gasteiger partial charge in [-0.3, -0.25) is 9.59 Å².